The molecule has 9 heteroatoms. The van der Waals surface area contributed by atoms with Crippen LogP contribution in [0.1, 0.15) is 42.5 Å². The van der Waals surface area contributed by atoms with Crippen molar-refractivity contribution in [1.29, 1.82) is 0 Å². The van der Waals surface area contributed by atoms with E-state index in [0.29, 0.717) is 24.5 Å². The summed E-state index contributed by atoms with van der Waals surface area (Å²) >= 11 is 0. The average molecular weight is 416 g/mol. The maximum Gasteiger partial charge on any atom is 0.256 e. The Kier molecular flexibility index (Phi) is 5.77. The quantitative estimate of drug-likeness (QED) is 0.806. The number of aromatic nitrogens is 2. The number of carbonyl (C=O) groups is 1. The molecule has 2 aliphatic rings. The number of anilines is 2. The molecule has 2 aromatic rings. The van der Waals surface area contributed by atoms with Crippen LogP contribution >= 0.6 is 0 Å². The standard InChI is InChI=1S/C20H25N5O3S/c26-20(23-18-14-19(22-15-21-18)24-10-4-5-11-24)16-6-8-17(9-7-16)29(27,28)25-12-2-1-3-13-25/h6-9,14-15H,1-5,10-13H2,(H,21,22,23,26). The largest absolute Gasteiger partial charge is 0.356 e. The smallest absolute Gasteiger partial charge is 0.256 e. The monoisotopic (exact) mass is 415 g/mol. The molecule has 0 spiro atoms. The molecular formula is C20H25N5O3S. The summed E-state index contributed by atoms with van der Waals surface area (Å²) in [5.74, 6) is 0.894. The van der Waals surface area contributed by atoms with E-state index >= 15 is 0 Å². The fourth-order valence-corrected chi connectivity index (χ4v) is 5.27. The second-order valence-corrected chi connectivity index (χ2v) is 9.34. The van der Waals surface area contributed by atoms with Crippen LogP contribution in [0.4, 0.5) is 11.6 Å². The second-order valence-electron chi connectivity index (χ2n) is 7.40. The zero-order chi connectivity index (χ0) is 20.3. The summed E-state index contributed by atoms with van der Waals surface area (Å²) < 4.78 is 27.0. The third kappa shape index (κ3) is 4.40. The summed E-state index contributed by atoms with van der Waals surface area (Å²) in [5.41, 5.74) is 0.379. The molecule has 154 valence electrons. The Bertz CT molecular complexity index is 966. The molecule has 0 saturated carbocycles. The Balaban J connectivity index is 1.45. The first-order valence-electron chi connectivity index (χ1n) is 10.0. The van der Waals surface area contributed by atoms with Gasteiger partial charge in [0, 0.05) is 37.8 Å². The molecule has 0 unspecified atom stereocenters. The number of piperidine rings is 1. The van der Waals surface area contributed by atoms with E-state index in [4.69, 9.17) is 0 Å². The molecule has 1 amide bonds. The Hall–Kier alpha value is -2.52. The summed E-state index contributed by atoms with van der Waals surface area (Å²) in [6, 6.07) is 7.82. The summed E-state index contributed by atoms with van der Waals surface area (Å²) in [6.45, 7) is 3.02. The van der Waals surface area contributed by atoms with Crippen LogP contribution in [0.3, 0.4) is 0 Å². The fourth-order valence-electron chi connectivity index (χ4n) is 3.76. The summed E-state index contributed by atoms with van der Waals surface area (Å²) in [6.07, 6.45) is 6.55. The van der Waals surface area contributed by atoms with Crippen molar-refractivity contribution in [2.45, 2.75) is 37.0 Å². The van der Waals surface area contributed by atoms with Crippen LogP contribution in [0.2, 0.25) is 0 Å². The van der Waals surface area contributed by atoms with E-state index in [2.05, 4.69) is 20.2 Å². The van der Waals surface area contributed by atoms with E-state index in [-0.39, 0.29) is 10.8 Å². The molecule has 2 fully saturated rings. The molecule has 29 heavy (non-hydrogen) atoms. The van der Waals surface area contributed by atoms with Gasteiger partial charge in [0.25, 0.3) is 5.91 Å². The van der Waals surface area contributed by atoms with Gasteiger partial charge in [-0.25, -0.2) is 18.4 Å². The number of nitrogens with one attached hydrogen (secondary N) is 1. The number of amides is 1. The minimum atomic E-state index is -3.50. The Morgan fingerprint density at radius 1 is 0.897 bits per heavy atom. The van der Waals surface area contributed by atoms with Crippen LogP contribution in [0.15, 0.2) is 41.6 Å². The molecule has 2 aliphatic heterocycles. The highest BCUT2D eigenvalue weighted by Gasteiger charge is 2.26. The van der Waals surface area contributed by atoms with Gasteiger partial charge in [-0.15, -0.1) is 0 Å². The van der Waals surface area contributed by atoms with Gasteiger partial charge >= 0.3 is 0 Å². The second kappa shape index (κ2) is 8.46. The minimum absolute atomic E-state index is 0.217. The number of nitrogens with zero attached hydrogens (tertiary/aromatic N) is 4. The molecule has 8 nitrogen and oxygen atoms in total. The van der Waals surface area contributed by atoms with Crippen molar-refractivity contribution in [3.63, 3.8) is 0 Å². The van der Waals surface area contributed by atoms with E-state index in [0.717, 1.165) is 51.0 Å². The highest BCUT2D eigenvalue weighted by atomic mass is 32.2. The first kappa shape index (κ1) is 19.8. The van der Waals surface area contributed by atoms with Crippen molar-refractivity contribution >= 4 is 27.6 Å². The Morgan fingerprint density at radius 2 is 1.55 bits per heavy atom. The molecule has 1 aromatic heterocycles. The SMILES string of the molecule is O=C(Nc1cc(N2CCCC2)ncn1)c1ccc(S(=O)(=O)N2CCCCC2)cc1. The highest BCUT2D eigenvalue weighted by Crippen LogP contribution is 2.22. The van der Waals surface area contributed by atoms with Crippen LogP contribution < -0.4 is 10.2 Å². The van der Waals surface area contributed by atoms with Gasteiger partial charge in [0.05, 0.1) is 4.90 Å². The molecule has 2 saturated heterocycles. The van der Waals surface area contributed by atoms with Crippen LogP contribution in [0.5, 0.6) is 0 Å². The van der Waals surface area contributed by atoms with Gasteiger partial charge in [0.15, 0.2) is 0 Å². The van der Waals surface area contributed by atoms with Crippen LogP contribution in [-0.2, 0) is 10.0 Å². The lowest BCUT2D eigenvalue weighted by molar-refractivity contribution is 0.102. The van der Waals surface area contributed by atoms with Crippen LogP contribution in [0.25, 0.3) is 0 Å². The third-order valence-electron chi connectivity index (χ3n) is 5.39. The molecule has 0 radical (unpaired) electrons. The predicted octanol–water partition coefficient (Wildman–Crippen LogP) is 2.50. The van der Waals surface area contributed by atoms with E-state index in [9.17, 15) is 13.2 Å². The van der Waals surface area contributed by atoms with Crippen LogP contribution in [-0.4, -0.2) is 54.8 Å². The fraction of sp³-hybridized carbons (Fsp3) is 0.450. The molecule has 0 aliphatic carbocycles. The summed E-state index contributed by atoms with van der Waals surface area (Å²) in [4.78, 5) is 23.3. The molecule has 1 aromatic carbocycles. The average Bonchev–Trinajstić information content (AvgIpc) is 3.30. The van der Waals surface area contributed by atoms with Crippen molar-refractivity contribution < 1.29 is 13.2 Å². The minimum Gasteiger partial charge on any atom is -0.356 e. The number of hydrogen-bond acceptors (Lipinski definition) is 6. The lowest BCUT2D eigenvalue weighted by Gasteiger charge is -2.25. The van der Waals surface area contributed by atoms with Gasteiger partial charge < -0.3 is 10.2 Å². The first-order chi connectivity index (χ1) is 14.0. The first-order valence-corrected chi connectivity index (χ1v) is 11.5. The normalized spacial score (nSPS) is 18.0. The van der Waals surface area contributed by atoms with Crippen molar-refractivity contribution in [2.75, 3.05) is 36.4 Å². The predicted molar refractivity (Wildman–Crippen MR) is 110 cm³/mol. The van der Waals surface area contributed by atoms with Crippen molar-refractivity contribution in [3.05, 3.63) is 42.2 Å². The lowest BCUT2D eigenvalue weighted by atomic mass is 10.2. The van der Waals surface area contributed by atoms with E-state index < -0.39 is 10.0 Å². The number of hydrogen-bond donors (Lipinski definition) is 1. The molecule has 0 atom stereocenters. The van der Waals surface area contributed by atoms with Gasteiger partial charge in [-0.1, -0.05) is 6.42 Å². The van der Waals surface area contributed by atoms with E-state index in [1.165, 1.54) is 34.9 Å². The topological polar surface area (TPSA) is 95.5 Å². The van der Waals surface area contributed by atoms with Crippen molar-refractivity contribution in [2.24, 2.45) is 0 Å². The maximum absolute atomic E-state index is 12.7. The van der Waals surface area contributed by atoms with E-state index in [1.807, 2.05) is 0 Å². The van der Waals surface area contributed by atoms with Gasteiger partial charge in [-0.05, 0) is 49.9 Å². The molecule has 4 rings (SSSR count). The third-order valence-corrected chi connectivity index (χ3v) is 7.31. The van der Waals surface area contributed by atoms with Gasteiger partial charge in [-0.3, -0.25) is 4.79 Å². The van der Waals surface area contributed by atoms with Crippen molar-refractivity contribution in [1.82, 2.24) is 14.3 Å². The number of benzene rings is 1. The number of carbonyl (C=O) groups excluding carboxylic acids is 1. The van der Waals surface area contributed by atoms with Gasteiger partial charge in [0.2, 0.25) is 10.0 Å². The molecule has 3 heterocycles. The zero-order valence-corrected chi connectivity index (χ0v) is 17.1. The van der Waals surface area contributed by atoms with Gasteiger partial charge in [-0.2, -0.15) is 4.31 Å². The van der Waals surface area contributed by atoms with Gasteiger partial charge in [0.1, 0.15) is 18.0 Å². The molecule has 0 bridgehead atoms. The highest BCUT2D eigenvalue weighted by molar-refractivity contribution is 7.89. The maximum atomic E-state index is 12.7. The van der Waals surface area contributed by atoms with Crippen molar-refractivity contribution in [3.8, 4) is 0 Å². The number of rotatable bonds is 5. The summed E-state index contributed by atoms with van der Waals surface area (Å²) in [7, 11) is -3.50. The Morgan fingerprint density at radius 3 is 2.24 bits per heavy atom. The Labute approximate surface area is 171 Å². The number of sulfonamides is 1. The lowest BCUT2D eigenvalue weighted by Crippen LogP contribution is -2.35. The summed E-state index contributed by atoms with van der Waals surface area (Å²) in [5, 5.41) is 2.77. The molecular weight excluding hydrogens is 390 g/mol. The van der Waals surface area contributed by atoms with Crippen LogP contribution in [0, 0.1) is 0 Å². The molecule has 1 N–H and O–H groups in total. The zero-order valence-electron chi connectivity index (χ0n) is 16.2. The van der Waals surface area contributed by atoms with E-state index in [1.54, 1.807) is 6.07 Å².